The molecule has 2 aromatic rings. The largest absolute Gasteiger partial charge is 0.480 e. The molecule has 0 spiro atoms. The maximum atomic E-state index is 12.1. The molecule has 0 saturated heterocycles. The Balaban J connectivity index is 2.08. The number of aromatic nitrogens is 1. The van der Waals surface area contributed by atoms with Gasteiger partial charge in [-0.05, 0) is 32.9 Å². The van der Waals surface area contributed by atoms with Gasteiger partial charge >= 0.3 is 0 Å². The first-order valence-corrected chi connectivity index (χ1v) is 6.42. The Morgan fingerprint density at radius 1 is 1.43 bits per heavy atom. The molecule has 1 amide bonds. The van der Waals surface area contributed by atoms with Crippen LogP contribution in [0.2, 0.25) is 0 Å². The summed E-state index contributed by atoms with van der Waals surface area (Å²) in [5.74, 6) is 0.573. The van der Waals surface area contributed by atoms with E-state index in [1.54, 1.807) is 45.0 Å². The number of nitrogens with one attached hydrogen (secondary N) is 1. The van der Waals surface area contributed by atoms with Gasteiger partial charge in [-0.25, -0.2) is 0 Å². The van der Waals surface area contributed by atoms with E-state index in [9.17, 15) is 4.79 Å². The summed E-state index contributed by atoms with van der Waals surface area (Å²) in [4.78, 5) is 12.1. The van der Waals surface area contributed by atoms with Crippen LogP contribution in [0.1, 0.15) is 23.9 Å². The van der Waals surface area contributed by atoms with Crippen LogP contribution in [-0.2, 0) is 4.79 Å². The van der Waals surface area contributed by atoms with Crippen molar-refractivity contribution in [2.75, 3.05) is 5.32 Å². The van der Waals surface area contributed by atoms with Gasteiger partial charge in [0, 0.05) is 0 Å². The zero-order valence-corrected chi connectivity index (χ0v) is 12.0. The van der Waals surface area contributed by atoms with Crippen LogP contribution in [0.5, 0.6) is 5.75 Å². The predicted molar refractivity (Wildman–Crippen MR) is 75.9 cm³/mol. The summed E-state index contributed by atoms with van der Waals surface area (Å²) in [6, 6.07) is 8.79. The highest BCUT2D eigenvalue weighted by atomic mass is 16.5. The summed E-state index contributed by atoms with van der Waals surface area (Å²) >= 11 is 0. The van der Waals surface area contributed by atoms with E-state index >= 15 is 0 Å². The number of benzene rings is 1. The molecule has 0 fully saturated rings. The molecule has 0 bridgehead atoms. The third-order valence-corrected chi connectivity index (χ3v) is 2.96. The highest BCUT2D eigenvalue weighted by molar-refractivity contribution is 5.95. The van der Waals surface area contributed by atoms with Crippen molar-refractivity contribution < 1.29 is 14.1 Å². The van der Waals surface area contributed by atoms with Gasteiger partial charge in [-0.15, -0.1) is 0 Å². The predicted octanol–water partition coefficient (Wildman–Crippen LogP) is 2.57. The van der Waals surface area contributed by atoms with Crippen LogP contribution >= 0.6 is 0 Å². The van der Waals surface area contributed by atoms with Crippen molar-refractivity contribution >= 4 is 11.6 Å². The molecule has 1 aromatic heterocycles. The SMILES string of the molecule is Cc1noc(C)c1NC(=O)[C@H](C)Oc1ccccc1C#N. The molecule has 0 aliphatic carbocycles. The quantitative estimate of drug-likeness (QED) is 0.932. The molecule has 0 radical (unpaired) electrons. The molecule has 6 heteroatoms. The van der Waals surface area contributed by atoms with E-state index in [0.29, 0.717) is 28.5 Å². The van der Waals surface area contributed by atoms with Gasteiger partial charge in [-0.3, -0.25) is 4.79 Å². The Labute approximate surface area is 122 Å². The molecule has 1 heterocycles. The van der Waals surface area contributed by atoms with Crippen LogP contribution < -0.4 is 10.1 Å². The normalized spacial score (nSPS) is 11.5. The van der Waals surface area contributed by atoms with E-state index in [1.165, 1.54) is 0 Å². The lowest BCUT2D eigenvalue weighted by Gasteiger charge is -2.15. The van der Waals surface area contributed by atoms with Crippen molar-refractivity contribution in [1.29, 1.82) is 5.26 Å². The average Bonchev–Trinajstić information content (AvgIpc) is 2.79. The highest BCUT2D eigenvalue weighted by Crippen LogP contribution is 2.21. The minimum atomic E-state index is -0.756. The van der Waals surface area contributed by atoms with Crippen LogP contribution in [0.3, 0.4) is 0 Å². The molecular formula is C15H15N3O3. The van der Waals surface area contributed by atoms with Crippen molar-refractivity contribution in [2.45, 2.75) is 26.9 Å². The number of hydrogen-bond acceptors (Lipinski definition) is 5. The molecule has 1 aromatic carbocycles. The Hall–Kier alpha value is -2.81. The van der Waals surface area contributed by atoms with E-state index < -0.39 is 6.10 Å². The summed E-state index contributed by atoms with van der Waals surface area (Å²) in [6.07, 6.45) is -0.756. The summed E-state index contributed by atoms with van der Waals surface area (Å²) in [5.41, 5.74) is 1.53. The molecule has 0 aliphatic rings. The van der Waals surface area contributed by atoms with Gasteiger partial charge in [0.1, 0.15) is 23.2 Å². The number of rotatable bonds is 4. The van der Waals surface area contributed by atoms with Crippen molar-refractivity contribution in [3.63, 3.8) is 0 Å². The van der Waals surface area contributed by atoms with Gasteiger partial charge in [0.05, 0.1) is 5.56 Å². The van der Waals surface area contributed by atoms with Crippen molar-refractivity contribution in [3.8, 4) is 11.8 Å². The molecule has 1 atom stereocenters. The maximum Gasteiger partial charge on any atom is 0.265 e. The molecule has 21 heavy (non-hydrogen) atoms. The Bertz CT molecular complexity index is 681. The highest BCUT2D eigenvalue weighted by Gasteiger charge is 2.19. The van der Waals surface area contributed by atoms with Gasteiger partial charge in [0.2, 0.25) is 0 Å². The summed E-state index contributed by atoms with van der Waals surface area (Å²) in [7, 11) is 0. The second-order valence-corrected chi connectivity index (χ2v) is 4.56. The zero-order valence-electron chi connectivity index (χ0n) is 12.0. The van der Waals surface area contributed by atoms with Gasteiger partial charge in [0.15, 0.2) is 11.9 Å². The van der Waals surface area contributed by atoms with Crippen molar-refractivity contribution in [1.82, 2.24) is 5.16 Å². The third kappa shape index (κ3) is 3.20. The van der Waals surface area contributed by atoms with Crippen molar-refractivity contribution in [2.24, 2.45) is 0 Å². The first-order valence-electron chi connectivity index (χ1n) is 6.42. The van der Waals surface area contributed by atoms with E-state index in [2.05, 4.69) is 10.5 Å². The van der Waals surface area contributed by atoms with E-state index in [0.717, 1.165) is 0 Å². The lowest BCUT2D eigenvalue weighted by atomic mass is 10.2. The molecule has 0 saturated carbocycles. The smallest absolute Gasteiger partial charge is 0.265 e. The summed E-state index contributed by atoms with van der Waals surface area (Å²) < 4.78 is 10.5. The number of hydrogen-bond donors (Lipinski definition) is 1. The first-order chi connectivity index (χ1) is 10.0. The number of amides is 1. The minimum absolute atomic E-state index is 0.336. The van der Waals surface area contributed by atoms with Gasteiger partial charge in [-0.1, -0.05) is 17.3 Å². The molecule has 0 unspecified atom stereocenters. The maximum absolute atomic E-state index is 12.1. The fraction of sp³-hybridized carbons (Fsp3) is 0.267. The fourth-order valence-corrected chi connectivity index (χ4v) is 1.79. The van der Waals surface area contributed by atoms with Crippen LogP contribution in [-0.4, -0.2) is 17.2 Å². The second kappa shape index (κ2) is 6.09. The number of carbonyl (C=O) groups excluding carboxylic acids is 1. The second-order valence-electron chi connectivity index (χ2n) is 4.56. The van der Waals surface area contributed by atoms with Gasteiger partial charge in [0.25, 0.3) is 5.91 Å². The first kappa shape index (κ1) is 14.6. The lowest BCUT2D eigenvalue weighted by molar-refractivity contribution is -0.122. The summed E-state index contributed by atoms with van der Waals surface area (Å²) in [5, 5.41) is 15.5. The molecular weight excluding hydrogens is 270 g/mol. The topological polar surface area (TPSA) is 88.2 Å². The number of ether oxygens (including phenoxy) is 1. The minimum Gasteiger partial charge on any atom is -0.480 e. The standard InChI is InChI=1S/C15H15N3O3/c1-9-14(10(2)21-18-9)17-15(19)11(3)20-13-7-5-4-6-12(13)8-16/h4-7,11H,1-3H3,(H,17,19)/t11-/m0/s1. The molecule has 6 nitrogen and oxygen atoms in total. The van der Waals surface area contributed by atoms with E-state index in [-0.39, 0.29) is 5.91 Å². The Morgan fingerprint density at radius 3 is 2.76 bits per heavy atom. The zero-order chi connectivity index (χ0) is 15.4. The van der Waals surface area contributed by atoms with E-state index in [4.69, 9.17) is 14.5 Å². The number of para-hydroxylation sites is 1. The summed E-state index contributed by atoms with van der Waals surface area (Å²) in [6.45, 7) is 5.07. The van der Waals surface area contributed by atoms with Crippen LogP contribution in [0, 0.1) is 25.2 Å². The van der Waals surface area contributed by atoms with Crippen LogP contribution in [0.25, 0.3) is 0 Å². The van der Waals surface area contributed by atoms with Crippen molar-refractivity contribution in [3.05, 3.63) is 41.3 Å². The Morgan fingerprint density at radius 2 is 2.14 bits per heavy atom. The number of nitrogens with zero attached hydrogens (tertiary/aromatic N) is 2. The number of aryl methyl sites for hydroxylation is 2. The number of nitriles is 1. The molecule has 108 valence electrons. The van der Waals surface area contributed by atoms with E-state index in [1.807, 2.05) is 6.07 Å². The molecule has 0 aliphatic heterocycles. The molecule has 1 N–H and O–H groups in total. The molecule has 2 rings (SSSR count). The average molecular weight is 285 g/mol. The Kier molecular flexibility index (Phi) is 4.24. The number of carbonyl (C=O) groups is 1. The number of anilines is 1. The van der Waals surface area contributed by atoms with Crippen LogP contribution in [0.4, 0.5) is 5.69 Å². The van der Waals surface area contributed by atoms with Gasteiger partial charge < -0.3 is 14.6 Å². The third-order valence-electron chi connectivity index (χ3n) is 2.96. The lowest BCUT2D eigenvalue weighted by Crippen LogP contribution is -2.30. The fourth-order valence-electron chi connectivity index (χ4n) is 1.79. The monoisotopic (exact) mass is 285 g/mol. The van der Waals surface area contributed by atoms with Gasteiger partial charge in [-0.2, -0.15) is 5.26 Å². The van der Waals surface area contributed by atoms with Crippen LogP contribution in [0.15, 0.2) is 28.8 Å².